The van der Waals surface area contributed by atoms with Gasteiger partial charge in [0.15, 0.2) is 0 Å². The van der Waals surface area contributed by atoms with E-state index >= 15 is 0 Å². The van der Waals surface area contributed by atoms with Crippen LogP contribution in [0.4, 0.5) is 4.39 Å². The first-order chi connectivity index (χ1) is 14.0. The summed E-state index contributed by atoms with van der Waals surface area (Å²) in [5.41, 5.74) is 1.24. The summed E-state index contributed by atoms with van der Waals surface area (Å²) in [5.74, 6) is 6.78. The van der Waals surface area contributed by atoms with E-state index in [2.05, 4.69) is 15.2 Å². The van der Waals surface area contributed by atoms with Crippen LogP contribution in [0, 0.1) is 5.82 Å². The average molecular weight is 437 g/mol. The van der Waals surface area contributed by atoms with Crippen LogP contribution < -0.4 is 5.84 Å². The third-order valence-electron chi connectivity index (χ3n) is 4.05. The minimum Gasteiger partial charge on any atom is -0.444 e. The smallest absolute Gasteiger partial charge is 0.233 e. The van der Waals surface area contributed by atoms with E-state index in [1.165, 1.54) is 46.6 Å². The molecule has 0 saturated heterocycles. The number of halogens is 1. The number of thioether (sulfide) groups is 2. The fraction of sp³-hybridized carbons (Fsp3) is 0.333. The second-order valence-electron chi connectivity index (χ2n) is 5.93. The minimum absolute atomic E-state index is 0.0321. The van der Waals surface area contributed by atoms with Crippen LogP contribution in [0.1, 0.15) is 19.5 Å². The zero-order valence-corrected chi connectivity index (χ0v) is 17.7. The van der Waals surface area contributed by atoms with Crippen LogP contribution in [0.15, 0.2) is 45.3 Å². The van der Waals surface area contributed by atoms with Crippen LogP contribution in [0.2, 0.25) is 0 Å². The monoisotopic (exact) mass is 436 g/mol. The molecule has 0 unspecified atom stereocenters. The van der Waals surface area contributed by atoms with Gasteiger partial charge in [-0.1, -0.05) is 29.6 Å². The number of nitrogens with two attached hydrogens (primary N) is 1. The average Bonchev–Trinajstić information content (AvgIpc) is 3.32. The van der Waals surface area contributed by atoms with Gasteiger partial charge in [0.25, 0.3) is 0 Å². The molecule has 29 heavy (non-hydrogen) atoms. The van der Waals surface area contributed by atoms with Gasteiger partial charge in [-0.15, -0.1) is 10.2 Å². The van der Waals surface area contributed by atoms with E-state index in [0.717, 1.165) is 0 Å². The first-order valence-electron chi connectivity index (χ1n) is 8.96. The number of rotatable bonds is 9. The van der Waals surface area contributed by atoms with Gasteiger partial charge in [0.1, 0.15) is 12.1 Å². The Balaban J connectivity index is 1.57. The van der Waals surface area contributed by atoms with Gasteiger partial charge in [0, 0.05) is 24.4 Å². The summed E-state index contributed by atoms with van der Waals surface area (Å²) in [6, 6.07) is 6.06. The van der Waals surface area contributed by atoms with E-state index in [0.29, 0.717) is 46.3 Å². The van der Waals surface area contributed by atoms with E-state index < -0.39 is 0 Å². The molecule has 0 bridgehead atoms. The zero-order valence-electron chi connectivity index (χ0n) is 16.0. The molecule has 154 valence electrons. The molecule has 8 nitrogen and oxygen atoms in total. The van der Waals surface area contributed by atoms with Gasteiger partial charge in [0.05, 0.1) is 11.4 Å². The largest absolute Gasteiger partial charge is 0.444 e. The lowest BCUT2D eigenvalue weighted by Crippen LogP contribution is -2.32. The normalized spacial score (nSPS) is 11.0. The van der Waals surface area contributed by atoms with Crippen molar-refractivity contribution < 1.29 is 13.6 Å². The number of hydrogen-bond donors (Lipinski definition) is 1. The summed E-state index contributed by atoms with van der Waals surface area (Å²) in [7, 11) is 0. The van der Waals surface area contributed by atoms with Crippen LogP contribution >= 0.6 is 23.5 Å². The van der Waals surface area contributed by atoms with Gasteiger partial charge >= 0.3 is 0 Å². The maximum absolute atomic E-state index is 13.3. The first-order valence-corrected chi connectivity index (χ1v) is 10.9. The van der Waals surface area contributed by atoms with Gasteiger partial charge < -0.3 is 15.2 Å². The highest BCUT2D eigenvalue weighted by atomic mass is 32.2. The highest BCUT2D eigenvalue weighted by Gasteiger charge is 2.16. The van der Waals surface area contributed by atoms with E-state index in [-0.39, 0.29) is 17.5 Å². The zero-order chi connectivity index (χ0) is 20.8. The Labute approximate surface area is 176 Å². The van der Waals surface area contributed by atoms with Crippen molar-refractivity contribution in [1.29, 1.82) is 0 Å². The molecule has 0 radical (unpaired) electrons. The summed E-state index contributed by atoms with van der Waals surface area (Å²) < 4.78 is 20.1. The SMILES string of the molecule is CCN(CC)C(=O)CSc1nnc(SCc2coc(-c3cccc(F)c3)n2)n1N. The van der Waals surface area contributed by atoms with Gasteiger partial charge in [-0.2, -0.15) is 0 Å². The van der Waals surface area contributed by atoms with Crippen molar-refractivity contribution in [3.8, 4) is 11.5 Å². The van der Waals surface area contributed by atoms with Crippen LogP contribution in [-0.4, -0.2) is 49.5 Å². The predicted octanol–water partition coefficient (Wildman–Crippen LogP) is 3.04. The third-order valence-corrected chi connectivity index (χ3v) is 5.95. The van der Waals surface area contributed by atoms with E-state index in [1.54, 1.807) is 17.0 Å². The fourth-order valence-electron chi connectivity index (χ4n) is 2.52. The maximum atomic E-state index is 13.3. The molecule has 3 rings (SSSR count). The molecule has 0 saturated carbocycles. The lowest BCUT2D eigenvalue weighted by atomic mass is 10.2. The molecule has 1 amide bonds. The molecule has 0 aliphatic rings. The highest BCUT2D eigenvalue weighted by Crippen LogP contribution is 2.26. The first kappa shape index (κ1) is 21.2. The highest BCUT2D eigenvalue weighted by molar-refractivity contribution is 8.00. The Morgan fingerprint density at radius 3 is 2.66 bits per heavy atom. The maximum Gasteiger partial charge on any atom is 0.233 e. The summed E-state index contributed by atoms with van der Waals surface area (Å²) in [6.45, 7) is 5.22. The number of carbonyl (C=O) groups is 1. The van der Waals surface area contributed by atoms with Crippen LogP contribution in [0.25, 0.3) is 11.5 Å². The molecule has 2 N–H and O–H groups in total. The van der Waals surface area contributed by atoms with Gasteiger partial charge in [-0.25, -0.2) is 14.1 Å². The Bertz CT molecular complexity index is 973. The van der Waals surface area contributed by atoms with Crippen LogP contribution in [-0.2, 0) is 10.5 Å². The van der Waals surface area contributed by atoms with Crippen molar-refractivity contribution in [2.75, 3.05) is 24.7 Å². The summed E-state index contributed by atoms with van der Waals surface area (Å²) >= 11 is 2.59. The number of oxazole rings is 1. The Hall–Kier alpha value is -2.53. The third kappa shape index (κ3) is 5.30. The Morgan fingerprint density at radius 2 is 1.97 bits per heavy atom. The van der Waals surface area contributed by atoms with Gasteiger partial charge in [0.2, 0.25) is 22.1 Å². The fourth-order valence-corrected chi connectivity index (χ4v) is 4.07. The van der Waals surface area contributed by atoms with E-state index in [4.69, 9.17) is 10.3 Å². The number of benzene rings is 1. The standard InChI is InChI=1S/C18H21FN6O2S2/c1-3-24(4-2)15(26)11-29-18-23-22-17(25(18)20)28-10-14-9-27-16(21-14)12-6-5-7-13(19)8-12/h5-9H,3-4,10-11,20H2,1-2H3. The van der Waals surface area contributed by atoms with Crippen molar-refractivity contribution >= 4 is 29.4 Å². The number of carbonyl (C=O) groups excluding carboxylic acids is 1. The summed E-state index contributed by atoms with van der Waals surface area (Å²) in [6.07, 6.45) is 1.52. The second-order valence-corrected chi connectivity index (χ2v) is 7.82. The lowest BCUT2D eigenvalue weighted by Gasteiger charge is -2.17. The molecule has 1 aromatic carbocycles. The topological polar surface area (TPSA) is 103 Å². The van der Waals surface area contributed by atoms with Crippen LogP contribution in [0.3, 0.4) is 0 Å². The molecule has 0 aliphatic carbocycles. The lowest BCUT2D eigenvalue weighted by molar-refractivity contribution is -0.127. The van der Waals surface area contributed by atoms with Gasteiger partial charge in [-0.3, -0.25) is 4.79 Å². The minimum atomic E-state index is -0.350. The molecule has 0 atom stereocenters. The predicted molar refractivity (Wildman–Crippen MR) is 110 cm³/mol. The molecule has 0 fully saturated rings. The van der Waals surface area contributed by atoms with Crippen molar-refractivity contribution in [2.24, 2.45) is 0 Å². The molecular formula is C18H21FN6O2S2. The molecule has 11 heteroatoms. The van der Waals surface area contributed by atoms with Crippen molar-refractivity contribution in [3.63, 3.8) is 0 Å². The Kier molecular flexibility index (Phi) is 7.15. The van der Waals surface area contributed by atoms with Crippen molar-refractivity contribution in [2.45, 2.75) is 29.9 Å². The summed E-state index contributed by atoms with van der Waals surface area (Å²) in [5, 5.41) is 9.08. The quantitative estimate of drug-likeness (QED) is 0.403. The number of aromatic nitrogens is 4. The molecule has 0 aliphatic heterocycles. The van der Waals surface area contributed by atoms with E-state index in [9.17, 15) is 9.18 Å². The molecule has 0 spiro atoms. The van der Waals surface area contributed by atoms with E-state index in [1.807, 2.05) is 13.8 Å². The Morgan fingerprint density at radius 1 is 1.24 bits per heavy atom. The summed E-state index contributed by atoms with van der Waals surface area (Å²) in [4.78, 5) is 18.2. The number of hydrogen-bond acceptors (Lipinski definition) is 8. The van der Waals surface area contributed by atoms with Crippen molar-refractivity contribution in [1.82, 2.24) is 24.8 Å². The van der Waals surface area contributed by atoms with Crippen molar-refractivity contribution in [3.05, 3.63) is 42.0 Å². The number of amides is 1. The molecular weight excluding hydrogens is 415 g/mol. The molecule has 2 aromatic heterocycles. The number of nitrogen functional groups attached to an aromatic ring is 1. The second kappa shape index (κ2) is 9.79. The number of nitrogens with zero attached hydrogens (tertiary/aromatic N) is 5. The van der Waals surface area contributed by atoms with Gasteiger partial charge in [-0.05, 0) is 32.0 Å². The molecule has 2 heterocycles. The van der Waals surface area contributed by atoms with Crippen LogP contribution in [0.5, 0.6) is 0 Å². The molecule has 3 aromatic rings.